The van der Waals surface area contributed by atoms with E-state index in [1.807, 2.05) is 65.5 Å². The molecule has 116 valence electrons. The highest BCUT2D eigenvalue weighted by Gasteiger charge is 2.08. The smallest absolute Gasteiger partial charge is 0.234 e. The lowest BCUT2D eigenvalue weighted by atomic mass is 10.2. The van der Waals surface area contributed by atoms with Crippen molar-refractivity contribution in [3.05, 3.63) is 70.7 Å². The minimum absolute atomic E-state index is 0.465. The molecule has 1 aromatic heterocycles. The first-order chi connectivity index (χ1) is 11.2. The lowest BCUT2D eigenvalue weighted by molar-refractivity contribution is 0.620. The van der Waals surface area contributed by atoms with Crippen LogP contribution in [-0.4, -0.2) is 27.2 Å². The SMILES string of the molecule is CSc1nc(/N=C\c2ccccc2)nn1Cc1ccc(Cl)cc1. The summed E-state index contributed by atoms with van der Waals surface area (Å²) in [5.74, 6) is 0.465. The summed E-state index contributed by atoms with van der Waals surface area (Å²) in [6.45, 7) is 0.640. The molecule has 0 atom stereocenters. The van der Waals surface area contributed by atoms with Crippen LogP contribution in [0.2, 0.25) is 5.02 Å². The van der Waals surface area contributed by atoms with Crippen LogP contribution in [0.15, 0.2) is 64.7 Å². The van der Waals surface area contributed by atoms with Gasteiger partial charge in [-0.15, -0.1) is 5.10 Å². The zero-order valence-corrected chi connectivity index (χ0v) is 14.1. The van der Waals surface area contributed by atoms with E-state index >= 15 is 0 Å². The number of thioether (sulfide) groups is 1. The molecule has 0 aliphatic rings. The van der Waals surface area contributed by atoms with E-state index in [1.54, 1.807) is 18.0 Å². The number of halogens is 1. The quantitative estimate of drug-likeness (QED) is 0.508. The van der Waals surface area contributed by atoms with Crippen LogP contribution in [0.1, 0.15) is 11.1 Å². The fourth-order valence-corrected chi connectivity index (χ4v) is 2.67. The maximum absolute atomic E-state index is 5.92. The Morgan fingerprint density at radius 1 is 1.13 bits per heavy atom. The van der Waals surface area contributed by atoms with Gasteiger partial charge in [-0.1, -0.05) is 65.8 Å². The van der Waals surface area contributed by atoms with Crippen molar-refractivity contribution in [2.45, 2.75) is 11.7 Å². The fourth-order valence-electron chi connectivity index (χ4n) is 2.06. The molecule has 6 heteroatoms. The van der Waals surface area contributed by atoms with Crippen LogP contribution < -0.4 is 0 Å². The van der Waals surface area contributed by atoms with Crippen LogP contribution in [0.4, 0.5) is 5.95 Å². The minimum atomic E-state index is 0.465. The van der Waals surface area contributed by atoms with Gasteiger partial charge in [-0.3, -0.25) is 0 Å². The molecule has 0 bridgehead atoms. The summed E-state index contributed by atoms with van der Waals surface area (Å²) in [5.41, 5.74) is 2.14. The second-order valence-electron chi connectivity index (χ2n) is 4.85. The lowest BCUT2D eigenvalue weighted by Gasteiger charge is -2.03. The van der Waals surface area contributed by atoms with Crippen molar-refractivity contribution in [3.8, 4) is 0 Å². The molecule has 0 aliphatic heterocycles. The van der Waals surface area contributed by atoms with Crippen molar-refractivity contribution in [3.63, 3.8) is 0 Å². The van der Waals surface area contributed by atoms with Crippen molar-refractivity contribution in [1.82, 2.24) is 14.8 Å². The second-order valence-corrected chi connectivity index (χ2v) is 6.06. The third-order valence-electron chi connectivity index (χ3n) is 3.18. The van der Waals surface area contributed by atoms with Crippen molar-refractivity contribution >= 4 is 35.5 Å². The van der Waals surface area contributed by atoms with E-state index in [2.05, 4.69) is 15.1 Å². The molecule has 0 radical (unpaired) electrons. The van der Waals surface area contributed by atoms with Gasteiger partial charge in [-0.2, -0.15) is 4.98 Å². The molecule has 0 N–H and O–H groups in total. The molecule has 23 heavy (non-hydrogen) atoms. The predicted octanol–water partition coefficient (Wildman–Crippen LogP) is 4.45. The van der Waals surface area contributed by atoms with Gasteiger partial charge in [0, 0.05) is 11.2 Å². The molecule has 0 unspecified atom stereocenters. The Labute approximate surface area is 144 Å². The van der Waals surface area contributed by atoms with Gasteiger partial charge in [0.15, 0.2) is 5.16 Å². The third kappa shape index (κ3) is 4.21. The zero-order chi connectivity index (χ0) is 16.1. The van der Waals surface area contributed by atoms with Crippen LogP contribution in [0.3, 0.4) is 0 Å². The summed E-state index contributed by atoms with van der Waals surface area (Å²) < 4.78 is 1.85. The van der Waals surface area contributed by atoms with E-state index in [4.69, 9.17) is 11.6 Å². The van der Waals surface area contributed by atoms with Crippen LogP contribution in [0.25, 0.3) is 0 Å². The summed E-state index contributed by atoms with van der Waals surface area (Å²) >= 11 is 7.47. The van der Waals surface area contributed by atoms with Crippen LogP contribution in [-0.2, 0) is 6.54 Å². The molecule has 0 amide bonds. The molecule has 3 rings (SSSR count). The van der Waals surface area contributed by atoms with Crippen LogP contribution >= 0.6 is 23.4 Å². The molecule has 1 heterocycles. The summed E-state index contributed by atoms with van der Waals surface area (Å²) in [4.78, 5) is 8.81. The average Bonchev–Trinajstić information content (AvgIpc) is 2.98. The summed E-state index contributed by atoms with van der Waals surface area (Å²) in [6.07, 6.45) is 3.75. The molecule has 0 fully saturated rings. The number of benzene rings is 2. The van der Waals surface area contributed by atoms with Gasteiger partial charge in [0.1, 0.15) is 0 Å². The molecule has 2 aromatic carbocycles. The average molecular weight is 343 g/mol. The first kappa shape index (κ1) is 15.8. The largest absolute Gasteiger partial charge is 0.269 e. The number of hydrogen-bond acceptors (Lipinski definition) is 4. The highest BCUT2D eigenvalue weighted by atomic mass is 35.5. The maximum Gasteiger partial charge on any atom is 0.269 e. The highest BCUT2D eigenvalue weighted by Crippen LogP contribution is 2.18. The summed E-state index contributed by atoms with van der Waals surface area (Å²) in [6, 6.07) is 17.6. The highest BCUT2D eigenvalue weighted by molar-refractivity contribution is 7.98. The molecule has 4 nitrogen and oxygen atoms in total. The standard InChI is InChI=1S/C17H15ClN4S/c1-23-17-20-16(19-11-13-5-3-2-4-6-13)21-22(17)12-14-7-9-15(18)10-8-14/h2-11H,12H2,1H3/b19-11-. The Balaban J connectivity index is 1.80. The monoisotopic (exact) mass is 342 g/mol. The third-order valence-corrected chi connectivity index (χ3v) is 4.10. The second kappa shape index (κ2) is 7.44. The first-order valence-electron chi connectivity index (χ1n) is 7.07. The van der Waals surface area contributed by atoms with E-state index in [0.717, 1.165) is 21.3 Å². The number of aromatic nitrogens is 3. The Kier molecular flexibility index (Phi) is 5.10. The Bertz CT molecular complexity index is 797. The van der Waals surface area contributed by atoms with E-state index in [-0.39, 0.29) is 0 Å². The van der Waals surface area contributed by atoms with Crippen LogP contribution in [0, 0.1) is 0 Å². The van der Waals surface area contributed by atoms with Gasteiger partial charge >= 0.3 is 0 Å². The number of aliphatic imine (C=N–C) groups is 1. The molecular formula is C17H15ClN4S. The van der Waals surface area contributed by atoms with Gasteiger partial charge in [-0.25, -0.2) is 9.67 Å². The molecular weight excluding hydrogens is 328 g/mol. The van der Waals surface area contributed by atoms with Gasteiger partial charge in [-0.05, 0) is 29.5 Å². The van der Waals surface area contributed by atoms with E-state index in [9.17, 15) is 0 Å². The first-order valence-corrected chi connectivity index (χ1v) is 8.67. The van der Waals surface area contributed by atoms with Crippen molar-refractivity contribution in [2.24, 2.45) is 4.99 Å². The van der Waals surface area contributed by atoms with Crippen LogP contribution in [0.5, 0.6) is 0 Å². The van der Waals surface area contributed by atoms with E-state index in [1.165, 1.54) is 0 Å². The fraction of sp³-hybridized carbons (Fsp3) is 0.118. The Morgan fingerprint density at radius 2 is 1.87 bits per heavy atom. The zero-order valence-electron chi connectivity index (χ0n) is 12.6. The van der Waals surface area contributed by atoms with Gasteiger partial charge in [0.25, 0.3) is 5.95 Å². The summed E-state index contributed by atoms with van der Waals surface area (Å²) in [7, 11) is 0. The van der Waals surface area contributed by atoms with Crippen molar-refractivity contribution < 1.29 is 0 Å². The lowest BCUT2D eigenvalue weighted by Crippen LogP contribution is -2.03. The minimum Gasteiger partial charge on any atom is -0.234 e. The maximum atomic E-state index is 5.92. The topological polar surface area (TPSA) is 43.1 Å². The molecule has 0 saturated heterocycles. The van der Waals surface area contributed by atoms with Gasteiger partial charge in [0.2, 0.25) is 0 Å². The normalized spacial score (nSPS) is 11.2. The molecule has 0 aliphatic carbocycles. The summed E-state index contributed by atoms with van der Waals surface area (Å²) in [5, 5.41) is 6.03. The number of rotatable bonds is 5. The predicted molar refractivity (Wildman–Crippen MR) is 96.1 cm³/mol. The van der Waals surface area contributed by atoms with E-state index in [0.29, 0.717) is 12.5 Å². The molecule has 0 spiro atoms. The number of hydrogen-bond donors (Lipinski definition) is 0. The van der Waals surface area contributed by atoms with Crippen molar-refractivity contribution in [1.29, 1.82) is 0 Å². The number of nitrogens with zero attached hydrogens (tertiary/aromatic N) is 4. The Hall–Kier alpha value is -2.11. The Morgan fingerprint density at radius 3 is 2.57 bits per heavy atom. The molecule has 0 saturated carbocycles. The van der Waals surface area contributed by atoms with Gasteiger partial charge < -0.3 is 0 Å². The van der Waals surface area contributed by atoms with E-state index < -0.39 is 0 Å². The molecule has 3 aromatic rings. The van der Waals surface area contributed by atoms with Gasteiger partial charge in [0.05, 0.1) is 6.54 Å². The van der Waals surface area contributed by atoms with Crippen molar-refractivity contribution in [2.75, 3.05) is 6.26 Å².